The molecule has 1 unspecified atom stereocenters. The molecular formula is C13H21N3O3S2. The molecule has 0 fully saturated rings. The molecule has 0 aromatic heterocycles. The normalized spacial score (nSPS) is 13.3. The molecule has 8 heteroatoms. The summed E-state index contributed by atoms with van der Waals surface area (Å²) in [5.41, 5.74) is 11.1. The summed E-state index contributed by atoms with van der Waals surface area (Å²) in [5, 5.41) is 0. The van der Waals surface area contributed by atoms with Crippen molar-refractivity contribution in [1.29, 1.82) is 0 Å². The van der Waals surface area contributed by atoms with Gasteiger partial charge in [0.2, 0.25) is 15.9 Å². The van der Waals surface area contributed by atoms with Gasteiger partial charge in [0.05, 0.1) is 5.69 Å². The first kappa shape index (κ1) is 17.8. The van der Waals surface area contributed by atoms with Crippen LogP contribution in [0.5, 0.6) is 0 Å². The van der Waals surface area contributed by atoms with Crippen LogP contribution in [0.15, 0.2) is 23.1 Å². The van der Waals surface area contributed by atoms with Crippen molar-refractivity contribution in [2.75, 3.05) is 24.8 Å². The average molecular weight is 331 g/mol. The van der Waals surface area contributed by atoms with Crippen LogP contribution in [0.2, 0.25) is 0 Å². The van der Waals surface area contributed by atoms with Crippen molar-refractivity contribution >= 4 is 33.4 Å². The first-order valence-corrected chi connectivity index (χ1v) is 9.25. The molecule has 0 saturated heterocycles. The lowest BCUT2D eigenvalue weighted by molar-refractivity contribution is 0.1000. The summed E-state index contributed by atoms with van der Waals surface area (Å²) < 4.78 is 26.6. The van der Waals surface area contributed by atoms with Crippen LogP contribution in [0, 0.1) is 0 Å². The number of nitrogen functional groups attached to an aromatic ring is 1. The van der Waals surface area contributed by atoms with Gasteiger partial charge in [0.15, 0.2) is 0 Å². The molecule has 21 heavy (non-hydrogen) atoms. The van der Waals surface area contributed by atoms with Gasteiger partial charge in [-0.2, -0.15) is 16.1 Å². The van der Waals surface area contributed by atoms with Gasteiger partial charge in [-0.1, -0.05) is 6.92 Å². The molecule has 6 nitrogen and oxygen atoms in total. The summed E-state index contributed by atoms with van der Waals surface area (Å²) in [5.74, 6) is 0.0544. The first-order chi connectivity index (χ1) is 9.75. The summed E-state index contributed by atoms with van der Waals surface area (Å²) in [6.07, 6.45) is 2.63. The lowest BCUT2D eigenvalue weighted by atomic mass is 10.2. The Hall–Kier alpha value is -1.25. The monoisotopic (exact) mass is 331 g/mol. The zero-order valence-electron chi connectivity index (χ0n) is 12.4. The smallest absolute Gasteiger partial charge is 0.248 e. The number of nitrogens with zero attached hydrogens (tertiary/aromatic N) is 1. The molecule has 0 bridgehead atoms. The molecule has 4 N–H and O–H groups in total. The van der Waals surface area contributed by atoms with Gasteiger partial charge in [0, 0.05) is 24.4 Å². The van der Waals surface area contributed by atoms with Gasteiger partial charge in [-0.05, 0) is 30.9 Å². The van der Waals surface area contributed by atoms with Gasteiger partial charge >= 0.3 is 0 Å². The molecule has 1 amide bonds. The number of thioether (sulfide) groups is 1. The quantitative estimate of drug-likeness (QED) is 0.728. The Morgan fingerprint density at radius 2 is 2.05 bits per heavy atom. The second-order valence-electron chi connectivity index (χ2n) is 4.66. The zero-order valence-corrected chi connectivity index (χ0v) is 14.0. The SMILES string of the molecule is CCC(CSC)N(C)S(=O)(=O)c1ccc(C(N)=O)cc1N. The molecular weight excluding hydrogens is 310 g/mol. The predicted octanol–water partition coefficient (Wildman–Crippen LogP) is 1.13. The van der Waals surface area contributed by atoms with Gasteiger partial charge in [-0.3, -0.25) is 4.79 Å². The van der Waals surface area contributed by atoms with Crippen LogP contribution in [0.1, 0.15) is 23.7 Å². The van der Waals surface area contributed by atoms with E-state index in [-0.39, 0.29) is 22.2 Å². The molecule has 0 aliphatic rings. The van der Waals surface area contributed by atoms with Crippen molar-refractivity contribution in [2.24, 2.45) is 5.73 Å². The number of anilines is 1. The van der Waals surface area contributed by atoms with Crippen molar-refractivity contribution in [1.82, 2.24) is 4.31 Å². The molecule has 0 saturated carbocycles. The third kappa shape index (κ3) is 3.90. The van der Waals surface area contributed by atoms with Crippen LogP contribution < -0.4 is 11.5 Å². The first-order valence-electron chi connectivity index (χ1n) is 6.42. The highest BCUT2D eigenvalue weighted by Gasteiger charge is 2.28. The molecule has 118 valence electrons. The standard InChI is InChI=1S/C13H21N3O3S2/c1-4-10(8-20-3)16(2)21(18,19)12-6-5-9(13(15)17)7-11(12)14/h5-7,10H,4,8,14H2,1-3H3,(H2,15,17). The van der Waals surface area contributed by atoms with E-state index in [4.69, 9.17) is 11.5 Å². The third-order valence-electron chi connectivity index (χ3n) is 3.30. The molecule has 1 rings (SSSR count). The van der Waals surface area contributed by atoms with Crippen LogP contribution in [-0.4, -0.2) is 43.7 Å². The number of hydrogen-bond acceptors (Lipinski definition) is 5. The molecule has 0 spiro atoms. The lowest BCUT2D eigenvalue weighted by Crippen LogP contribution is -2.38. The average Bonchev–Trinajstić information content (AvgIpc) is 2.43. The Morgan fingerprint density at radius 1 is 1.43 bits per heavy atom. The maximum Gasteiger partial charge on any atom is 0.248 e. The van der Waals surface area contributed by atoms with Crippen molar-refractivity contribution < 1.29 is 13.2 Å². The molecule has 0 radical (unpaired) electrons. The highest BCUT2D eigenvalue weighted by atomic mass is 32.2. The van der Waals surface area contributed by atoms with Crippen LogP contribution >= 0.6 is 11.8 Å². The second kappa shape index (κ2) is 7.15. The van der Waals surface area contributed by atoms with Gasteiger partial charge < -0.3 is 11.5 Å². The lowest BCUT2D eigenvalue weighted by Gasteiger charge is -2.26. The van der Waals surface area contributed by atoms with E-state index in [0.717, 1.165) is 0 Å². The van der Waals surface area contributed by atoms with E-state index in [2.05, 4.69) is 0 Å². The van der Waals surface area contributed by atoms with Crippen LogP contribution in [-0.2, 0) is 10.0 Å². The fourth-order valence-electron chi connectivity index (χ4n) is 1.96. The van der Waals surface area contributed by atoms with E-state index in [9.17, 15) is 13.2 Å². The van der Waals surface area contributed by atoms with Gasteiger partial charge in [-0.25, -0.2) is 8.42 Å². The minimum atomic E-state index is -3.70. The number of amides is 1. The van der Waals surface area contributed by atoms with E-state index >= 15 is 0 Å². The molecule has 0 aliphatic carbocycles. The number of carbonyl (C=O) groups excluding carboxylic acids is 1. The van der Waals surface area contributed by atoms with Gasteiger partial charge in [-0.15, -0.1) is 0 Å². The largest absolute Gasteiger partial charge is 0.398 e. The minimum Gasteiger partial charge on any atom is -0.398 e. The Bertz CT molecular complexity index is 617. The van der Waals surface area contributed by atoms with Crippen molar-refractivity contribution in [3.63, 3.8) is 0 Å². The Labute approximate surface area is 129 Å². The summed E-state index contributed by atoms with van der Waals surface area (Å²) in [7, 11) is -2.16. The molecule has 0 aliphatic heterocycles. The number of nitrogens with two attached hydrogens (primary N) is 2. The van der Waals surface area contributed by atoms with E-state index in [0.29, 0.717) is 12.2 Å². The van der Waals surface area contributed by atoms with E-state index < -0.39 is 15.9 Å². The number of benzene rings is 1. The number of rotatable bonds is 7. The molecule has 1 aromatic rings. The van der Waals surface area contributed by atoms with E-state index in [1.54, 1.807) is 18.8 Å². The minimum absolute atomic E-state index is 0.00504. The third-order valence-corrected chi connectivity index (χ3v) is 6.00. The zero-order chi connectivity index (χ0) is 16.2. The summed E-state index contributed by atoms with van der Waals surface area (Å²) in [6.45, 7) is 1.94. The Balaban J connectivity index is 3.21. The topological polar surface area (TPSA) is 106 Å². The van der Waals surface area contributed by atoms with Crippen molar-refractivity contribution in [3.8, 4) is 0 Å². The van der Waals surface area contributed by atoms with E-state index in [1.807, 2.05) is 13.2 Å². The fraction of sp³-hybridized carbons (Fsp3) is 0.462. The molecule has 1 atom stereocenters. The van der Waals surface area contributed by atoms with Crippen LogP contribution in [0.3, 0.4) is 0 Å². The number of sulfonamides is 1. The van der Waals surface area contributed by atoms with Crippen molar-refractivity contribution in [2.45, 2.75) is 24.3 Å². The summed E-state index contributed by atoms with van der Waals surface area (Å²) in [6, 6.07) is 3.88. The Kier molecular flexibility index (Phi) is 6.06. The highest BCUT2D eigenvalue weighted by molar-refractivity contribution is 7.98. The Morgan fingerprint density at radius 3 is 2.48 bits per heavy atom. The van der Waals surface area contributed by atoms with Crippen molar-refractivity contribution in [3.05, 3.63) is 23.8 Å². The highest BCUT2D eigenvalue weighted by Crippen LogP contribution is 2.25. The van der Waals surface area contributed by atoms with Crippen LogP contribution in [0.4, 0.5) is 5.69 Å². The number of carbonyl (C=O) groups is 1. The maximum absolute atomic E-state index is 12.6. The van der Waals surface area contributed by atoms with Crippen LogP contribution in [0.25, 0.3) is 0 Å². The van der Waals surface area contributed by atoms with Gasteiger partial charge in [0.1, 0.15) is 4.90 Å². The molecule has 0 heterocycles. The number of hydrogen-bond donors (Lipinski definition) is 2. The summed E-state index contributed by atoms with van der Waals surface area (Å²) >= 11 is 1.59. The number of primary amides is 1. The maximum atomic E-state index is 12.6. The summed E-state index contributed by atoms with van der Waals surface area (Å²) in [4.78, 5) is 11.1. The molecule has 1 aromatic carbocycles. The van der Waals surface area contributed by atoms with Gasteiger partial charge in [0.25, 0.3) is 0 Å². The predicted molar refractivity (Wildman–Crippen MR) is 86.8 cm³/mol. The fourth-order valence-corrected chi connectivity index (χ4v) is 4.42. The second-order valence-corrected chi connectivity index (χ2v) is 7.53. The van der Waals surface area contributed by atoms with E-state index in [1.165, 1.54) is 22.5 Å².